The first kappa shape index (κ1) is 24.3. The molecule has 6 aromatic rings. The molecule has 8 nitrogen and oxygen atoms in total. The summed E-state index contributed by atoms with van der Waals surface area (Å²) in [6.45, 7) is 0.243. The van der Waals surface area contributed by atoms with Gasteiger partial charge in [-0.15, -0.1) is 0 Å². The molecule has 0 atom stereocenters. The fourth-order valence-electron chi connectivity index (χ4n) is 5.14. The van der Waals surface area contributed by atoms with E-state index in [1.165, 1.54) is 24.5 Å². The third-order valence-corrected chi connectivity index (χ3v) is 7.04. The molecule has 0 unspecified atom stereocenters. The average molecular weight is 545 g/mol. The number of H-pyrrole nitrogens is 2. The zero-order valence-corrected chi connectivity index (χ0v) is 20.8. The lowest BCUT2D eigenvalue weighted by Gasteiger charge is -2.15. The van der Waals surface area contributed by atoms with Crippen molar-refractivity contribution in [2.24, 2.45) is 0 Å². The van der Waals surface area contributed by atoms with E-state index in [0.29, 0.717) is 33.6 Å². The van der Waals surface area contributed by atoms with Crippen LogP contribution in [-0.4, -0.2) is 59.0 Å². The van der Waals surface area contributed by atoms with Gasteiger partial charge in [0.15, 0.2) is 17.3 Å². The van der Waals surface area contributed by atoms with Crippen molar-refractivity contribution in [3.8, 4) is 33.9 Å². The number of benzene rings is 1. The highest BCUT2D eigenvalue weighted by atomic mass is 19.3. The van der Waals surface area contributed by atoms with Gasteiger partial charge >= 0.3 is 0 Å². The Morgan fingerprint density at radius 3 is 2.60 bits per heavy atom. The molecule has 2 N–H and O–H groups in total. The van der Waals surface area contributed by atoms with Gasteiger partial charge in [0.05, 0.1) is 29.2 Å². The van der Waals surface area contributed by atoms with Crippen LogP contribution in [0.15, 0.2) is 61.2 Å². The smallest absolute Gasteiger partial charge is 0.261 e. The SMILES string of the molecule is Fc1ccc(-c2ccnc3nc(-c4n[nH]c5cnc(-c6cncc(CN7CCC(F)(F)C7)c6)c(F)c45)[nH]c23)cc1. The number of nitrogens with zero attached hydrogens (tertiary/aromatic N) is 6. The minimum atomic E-state index is -2.70. The second kappa shape index (κ2) is 9.19. The first-order valence-electron chi connectivity index (χ1n) is 12.5. The second-order valence-corrected chi connectivity index (χ2v) is 9.83. The summed E-state index contributed by atoms with van der Waals surface area (Å²) in [4.78, 5) is 22.2. The van der Waals surface area contributed by atoms with Crippen molar-refractivity contribution in [1.29, 1.82) is 0 Å². The van der Waals surface area contributed by atoms with Gasteiger partial charge in [-0.25, -0.2) is 27.5 Å². The number of pyridine rings is 3. The Morgan fingerprint density at radius 1 is 0.950 bits per heavy atom. The summed E-state index contributed by atoms with van der Waals surface area (Å²) in [5.41, 5.74) is 4.27. The molecule has 1 aromatic carbocycles. The molecule has 200 valence electrons. The Morgan fingerprint density at radius 2 is 1.80 bits per heavy atom. The molecule has 0 bridgehead atoms. The fraction of sp³-hybridized carbons (Fsp3) is 0.179. The molecule has 5 aromatic heterocycles. The first-order chi connectivity index (χ1) is 19.3. The van der Waals surface area contributed by atoms with Gasteiger partial charge in [-0.2, -0.15) is 5.10 Å². The maximum atomic E-state index is 16.1. The van der Waals surface area contributed by atoms with E-state index >= 15 is 4.39 Å². The number of likely N-dealkylation sites (tertiary alicyclic amines) is 1. The highest BCUT2D eigenvalue weighted by Gasteiger charge is 2.38. The van der Waals surface area contributed by atoms with Crippen molar-refractivity contribution >= 4 is 22.1 Å². The highest BCUT2D eigenvalue weighted by Crippen LogP contribution is 2.34. The number of imidazole rings is 1. The van der Waals surface area contributed by atoms with E-state index < -0.39 is 11.7 Å². The van der Waals surface area contributed by atoms with Crippen molar-refractivity contribution in [1.82, 2.24) is 40.0 Å². The van der Waals surface area contributed by atoms with Gasteiger partial charge in [0, 0.05) is 49.2 Å². The standard InChI is InChI=1S/C28H20F4N8/c29-18-3-1-16(2-4-18)19-5-7-34-26-24(19)36-27(37-26)25-21-20(38-39-25)12-35-23(22(21)30)17-9-15(10-33-11-17)13-40-8-6-28(31,32)14-40/h1-5,7,9-12H,6,8,13-14H2,(H,38,39)(H,34,36,37). The monoisotopic (exact) mass is 544 g/mol. The highest BCUT2D eigenvalue weighted by molar-refractivity contribution is 5.97. The molecule has 1 fully saturated rings. The lowest BCUT2D eigenvalue weighted by Crippen LogP contribution is -2.24. The maximum absolute atomic E-state index is 16.1. The summed E-state index contributed by atoms with van der Waals surface area (Å²) in [6.07, 6.45) is 5.96. The van der Waals surface area contributed by atoms with E-state index in [1.54, 1.807) is 41.6 Å². The minimum Gasteiger partial charge on any atom is -0.335 e. The number of halogens is 4. The molecule has 0 saturated carbocycles. The molecule has 7 rings (SSSR count). The fourth-order valence-corrected chi connectivity index (χ4v) is 5.14. The van der Waals surface area contributed by atoms with Crippen molar-refractivity contribution < 1.29 is 17.6 Å². The zero-order chi connectivity index (χ0) is 27.4. The number of aromatic nitrogens is 7. The van der Waals surface area contributed by atoms with Gasteiger partial charge in [0.2, 0.25) is 0 Å². The molecule has 40 heavy (non-hydrogen) atoms. The molecular weight excluding hydrogens is 524 g/mol. The Bertz CT molecular complexity index is 1880. The van der Waals surface area contributed by atoms with Crippen LogP contribution < -0.4 is 0 Å². The summed E-state index contributed by atoms with van der Waals surface area (Å²) >= 11 is 0. The first-order valence-corrected chi connectivity index (χ1v) is 12.5. The van der Waals surface area contributed by atoms with Crippen molar-refractivity contribution in [2.75, 3.05) is 13.1 Å². The van der Waals surface area contributed by atoms with Gasteiger partial charge in [-0.3, -0.25) is 20.0 Å². The lowest BCUT2D eigenvalue weighted by molar-refractivity contribution is 0.0115. The molecular formula is C28H20F4N8. The molecule has 0 amide bonds. The lowest BCUT2D eigenvalue weighted by atomic mass is 10.1. The van der Waals surface area contributed by atoms with Crippen LogP contribution in [-0.2, 0) is 6.54 Å². The largest absolute Gasteiger partial charge is 0.335 e. The van der Waals surface area contributed by atoms with Crippen LogP contribution in [0.4, 0.5) is 17.6 Å². The van der Waals surface area contributed by atoms with E-state index in [2.05, 4.69) is 35.1 Å². The summed E-state index contributed by atoms with van der Waals surface area (Å²) in [5, 5.41) is 7.28. The summed E-state index contributed by atoms with van der Waals surface area (Å²) in [7, 11) is 0. The zero-order valence-electron chi connectivity index (χ0n) is 20.8. The summed E-state index contributed by atoms with van der Waals surface area (Å²) in [5.74, 6) is -3.38. The number of alkyl halides is 2. The van der Waals surface area contributed by atoms with Gasteiger partial charge in [-0.05, 0) is 35.4 Å². The number of hydrogen-bond acceptors (Lipinski definition) is 6. The van der Waals surface area contributed by atoms with Crippen LogP contribution in [0, 0.1) is 11.6 Å². The normalized spacial score (nSPS) is 15.4. The van der Waals surface area contributed by atoms with E-state index in [0.717, 1.165) is 11.1 Å². The molecule has 1 aliphatic heterocycles. The number of aromatic amines is 2. The van der Waals surface area contributed by atoms with Crippen molar-refractivity contribution in [3.05, 3.63) is 78.4 Å². The predicted molar refractivity (Wildman–Crippen MR) is 140 cm³/mol. The van der Waals surface area contributed by atoms with Crippen molar-refractivity contribution in [3.63, 3.8) is 0 Å². The van der Waals surface area contributed by atoms with E-state index in [-0.39, 0.29) is 48.6 Å². The van der Waals surface area contributed by atoms with Crippen LogP contribution in [0.1, 0.15) is 12.0 Å². The second-order valence-electron chi connectivity index (χ2n) is 9.83. The van der Waals surface area contributed by atoms with Crippen LogP contribution in [0.5, 0.6) is 0 Å². The van der Waals surface area contributed by atoms with E-state index in [9.17, 15) is 13.2 Å². The van der Waals surface area contributed by atoms with Gasteiger partial charge in [-0.1, -0.05) is 12.1 Å². The summed E-state index contributed by atoms with van der Waals surface area (Å²) < 4.78 is 56.8. The Kier molecular flexibility index (Phi) is 5.59. The molecule has 1 aliphatic rings. The minimum absolute atomic E-state index is 0.0532. The Hall–Kier alpha value is -4.71. The topological polar surface area (TPSA) is 99.3 Å². The Labute approximate surface area is 224 Å². The third-order valence-electron chi connectivity index (χ3n) is 7.04. The number of rotatable bonds is 5. The number of hydrogen-bond donors (Lipinski definition) is 2. The van der Waals surface area contributed by atoms with E-state index in [4.69, 9.17) is 0 Å². The van der Waals surface area contributed by atoms with Crippen LogP contribution in [0.25, 0.3) is 56.0 Å². The molecule has 12 heteroatoms. The Balaban J connectivity index is 1.27. The van der Waals surface area contributed by atoms with E-state index in [1.807, 2.05) is 0 Å². The molecule has 1 saturated heterocycles. The molecule has 0 radical (unpaired) electrons. The van der Waals surface area contributed by atoms with Crippen LogP contribution in [0.2, 0.25) is 0 Å². The predicted octanol–water partition coefficient (Wildman–Crippen LogP) is 5.74. The quantitative estimate of drug-likeness (QED) is 0.269. The summed E-state index contributed by atoms with van der Waals surface area (Å²) in [6, 6.07) is 9.54. The number of fused-ring (bicyclic) bond motifs is 2. The average Bonchev–Trinajstić information content (AvgIpc) is 3.65. The van der Waals surface area contributed by atoms with Gasteiger partial charge in [0.1, 0.15) is 17.2 Å². The molecule has 0 aliphatic carbocycles. The number of nitrogens with one attached hydrogen (secondary N) is 2. The maximum Gasteiger partial charge on any atom is 0.261 e. The van der Waals surface area contributed by atoms with Crippen LogP contribution in [0.3, 0.4) is 0 Å². The van der Waals surface area contributed by atoms with Crippen molar-refractivity contribution in [2.45, 2.75) is 18.9 Å². The van der Waals surface area contributed by atoms with Gasteiger partial charge < -0.3 is 4.98 Å². The molecule has 6 heterocycles. The third kappa shape index (κ3) is 4.26. The molecule has 0 spiro atoms. The van der Waals surface area contributed by atoms with Gasteiger partial charge in [0.25, 0.3) is 5.92 Å². The van der Waals surface area contributed by atoms with Crippen LogP contribution >= 0.6 is 0 Å².